The van der Waals surface area contributed by atoms with E-state index in [2.05, 4.69) is 21.5 Å². The van der Waals surface area contributed by atoms with Gasteiger partial charge >= 0.3 is 0 Å². The Bertz CT molecular complexity index is 519. The highest BCUT2D eigenvalue weighted by Gasteiger charge is 2.22. The van der Waals surface area contributed by atoms with Crippen LogP contribution >= 0.6 is 11.3 Å². The van der Waals surface area contributed by atoms with Gasteiger partial charge in [-0.2, -0.15) is 5.10 Å². The number of aryl methyl sites for hydroxylation is 3. The fourth-order valence-corrected chi connectivity index (χ4v) is 3.99. The average Bonchev–Trinajstić information content (AvgIpc) is 2.97. The van der Waals surface area contributed by atoms with Crippen molar-refractivity contribution in [3.05, 3.63) is 33.5 Å². The Hall–Kier alpha value is -1.20. The zero-order chi connectivity index (χ0) is 12.5. The second-order valence-electron chi connectivity index (χ2n) is 4.77. The third-order valence-corrected chi connectivity index (χ3v) is 4.90. The molecule has 0 amide bonds. The van der Waals surface area contributed by atoms with Gasteiger partial charge in [-0.25, -0.2) is 4.98 Å². The first-order chi connectivity index (χ1) is 8.79. The van der Waals surface area contributed by atoms with Crippen LogP contribution in [0.2, 0.25) is 0 Å². The molecule has 0 spiro atoms. The van der Waals surface area contributed by atoms with Crippen molar-refractivity contribution in [3.63, 3.8) is 0 Å². The van der Waals surface area contributed by atoms with E-state index in [9.17, 15) is 0 Å². The van der Waals surface area contributed by atoms with Gasteiger partial charge in [0.15, 0.2) is 0 Å². The number of aromatic nitrogens is 3. The second-order valence-corrected chi connectivity index (χ2v) is 5.94. The topological polar surface area (TPSA) is 42.7 Å². The molecule has 3 rings (SSSR count). The molecule has 96 valence electrons. The zero-order valence-corrected chi connectivity index (χ0v) is 11.6. The fourth-order valence-electron chi connectivity index (χ4n) is 2.62. The van der Waals surface area contributed by atoms with E-state index in [0.29, 0.717) is 0 Å². The summed E-state index contributed by atoms with van der Waals surface area (Å²) in [6.07, 6.45) is 6.77. The number of fused-ring (bicyclic) bond motifs is 1. The summed E-state index contributed by atoms with van der Waals surface area (Å²) in [5, 5.41) is 7.52. The van der Waals surface area contributed by atoms with E-state index in [-0.39, 0.29) is 6.04 Å². The van der Waals surface area contributed by atoms with Gasteiger partial charge in [-0.15, -0.1) is 11.3 Å². The standard InChI is InChI=1S/C13H18N4S/c1-14-12(13-15-8-16-17(13)2)11-7-9-5-3-4-6-10(9)18-11/h7-8,12,14H,3-6H2,1-2H3. The van der Waals surface area contributed by atoms with E-state index < -0.39 is 0 Å². The number of rotatable bonds is 3. The molecule has 2 aromatic rings. The van der Waals surface area contributed by atoms with Gasteiger partial charge in [-0.1, -0.05) is 0 Å². The number of hydrogen-bond acceptors (Lipinski definition) is 4. The molecule has 0 fully saturated rings. The summed E-state index contributed by atoms with van der Waals surface area (Å²) < 4.78 is 1.85. The summed E-state index contributed by atoms with van der Waals surface area (Å²) >= 11 is 1.93. The first-order valence-corrected chi connectivity index (χ1v) is 7.24. The molecule has 2 heterocycles. The minimum atomic E-state index is 0.160. The van der Waals surface area contributed by atoms with Crippen molar-refractivity contribution in [2.45, 2.75) is 31.7 Å². The molecular formula is C13H18N4S. The summed E-state index contributed by atoms with van der Waals surface area (Å²) in [6.45, 7) is 0. The van der Waals surface area contributed by atoms with Crippen LogP contribution in [0.4, 0.5) is 0 Å². The Morgan fingerprint density at radius 3 is 2.89 bits per heavy atom. The molecule has 0 bridgehead atoms. The van der Waals surface area contributed by atoms with Crippen molar-refractivity contribution >= 4 is 11.3 Å². The van der Waals surface area contributed by atoms with Crippen molar-refractivity contribution in [1.82, 2.24) is 20.1 Å². The molecule has 0 saturated heterocycles. The summed E-state index contributed by atoms with van der Waals surface area (Å²) in [7, 11) is 3.93. The van der Waals surface area contributed by atoms with Crippen molar-refractivity contribution in [2.24, 2.45) is 7.05 Å². The predicted molar refractivity (Wildman–Crippen MR) is 72.9 cm³/mol. The maximum absolute atomic E-state index is 4.37. The third kappa shape index (κ3) is 1.97. The van der Waals surface area contributed by atoms with Crippen LogP contribution in [-0.2, 0) is 19.9 Å². The van der Waals surface area contributed by atoms with E-state index >= 15 is 0 Å². The largest absolute Gasteiger partial charge is 0.306 e. The lowest BCUT2D eigenvalue weighted by Gasteiger charge is -2.13. The molecule has 5 heteroatoms. The molecule has 1 aliphatic carbocycles. The molecule has 0 aromatic carbocycles. The van der Waals surface area contributed by atoms with Crippen LogP contribution in [0.5, 0.6) is 0 Å². The minimum Gasteiger partial charge on any atom is -0.306 e. The van der Waals surface area contributed by atoms with E-state index in [1.54, 1.807) is 16.8 Å². The van der Waals surface area contributed by atoms with E-state index in [1.165, 1.54) is 30.6 Å². The Labute approximate surface area is 111 Å². The number of nitrogens with one attached hydrogen (secondary N) is 1. The molecular weight excluding hydrogens is 244 g/mol. The van der Waals surface area contributed by atoms with Gasteiger partial charge in [0.2, 0.25) is 0 Å². The Morgan fingerprint density at radius 2 is 2.22 bits per heavy atom. The van der Waals surface area contributed by atoms with Crippen molar-refractivity contribution in [2.75, 3.05) is 7.05 Å². The molecule has 4 nitrogen and oxygen atoms in total. The van der Waals surface area contributed by atoms with Crippen molar-refractivity contribution < 1.29 is 0 Å². The van der Waals surface area contributed by atoms with Crippen LogP contribution in [0.3, 0.4) is 0 Å². The first kappa shape index (κ1) is 11.9. The van der Waals surface area contributed by atoms with Crippen LogP contribution < -0.4 is 5.32 Å². The van der Waals surface area contributed by atoms with Crippen LogP contribution in [0.1, 0.15) is 40.0 Å². The fraction of sp³-hybridized carbons (Fsp3) is 0.538. The maximum Gasteiger partial charge on any atom is 0.149 e. The Morgan fingerprint density at radius 1 is 1.39 bits per heavy atom. The molecule has 0 radical (unpaired) electrons. The van der Waals surface area contributed by atoms with Crippen molar-refractivity contribution in [1.29, 1.82) is 0 Å². The van der Waals surface area contributed by atoms with Gasteiger partial charge in [0, 0.05) is 16.8 Å². The predicted octanol–water partition coefficient (Wildman–Crippen LogP) is 2.06. The molecule has 2 aromatic heterocycles. The first-order valence-electron chi connectivity index (χ1n) is 6.42. The number of hydrogen-bond donors (Lipinski definition) is 1. The normalized spacial score (nSPS) is 16.6. The van der Waals surface area contributed by atoms with E-state index in [1.807, 2.05) is 30.1 Å². The average molecular weight is 262 g/mol. The lowest BCUT2D eigenvalue weighted by molar-refractivity contribution is 0.597. The summed E-state index contributed by atoms with van der Waals surface area (Å²) in [6, 6.07) is 2.52. The van der Waals surface area contributed by atoms with E-state index in [4.69, 9.17) is 0 Å². The highest BCUT2D eigenvalue weighted by molar-refractivity contribution is 7.12. The maximum atomic E-state index is 4.37. The van der Waals surface area contributed by atoms with Crippen LogP contribution in [-0.4, -0.2) is 21.8 Å². The molecule has 1 atom stereocenters. The van der Waals surface area contributed by atoms with Gasteiger partial charge in [0.25, 0.3) is 0 Å². The lowest BCUT2D eigenvalue weighted by atomic mass is 9.99. The molecule has 0 saturated carbocycles. The SMILES string of the molecule is CNC(c1cc2c(s1)CCCC2)c1ncnn1C. The molecule has 1 N–H and O–H groups in total. The van der Waals surface area contributed by atoms with Gasteiger partial charge in [-0.3, -0.25) is 4.68 Å². The molecule has 18 heavy (non-hydrogen) atoms. The second kappa shape index (κ2) is 4.82. The Kier molecular flexibility index (Phi) is 3.18. The van der Waals surface area contributed by atoms with Gasteiger partial charge < -0.3 is 5.32 Å². The molecule has 0 aliphatic heterocycles. The summed E-state index contributed by atoms with van der Waals surface area (Å²) in [5.41, 5.74) is 1.55. The smallest absolute Gasteiger partial charge is 0.149 e. The third-order valence-electron chi connectivity index (χ3n) is 3.59. The van der Waals surface area contributed by atoms with E-state index in [0.717, 1.165) is 5.82 Å². The highest BCUT2D eigenvalue weighted by Crippen LogP contribution is 2.34. The number of nitrogens with zero attached hydrogens (tertiary/aromatic N) is 3. The lowest BCUT2D eigenvalue weighted by Crippen LogP contribution is -2.20. The van der Waals surface area contributed by atoms with Gasteiger partial charge in [-0.05, 0) is 44.4 Å². The minimum absolute atomic E-state index is 0.160. The van der Waals surface area contributed by atoms with Crippen LogP contribution in [0.15, 0.2) is 12.4 Å². The number of thiophene rings is 1. The van der Waals surface area contributed by atoms with Gasteiger partial charge in [0.1, 0.15) is 18.2 Å². The monoisotopic (exact) mass is 262 g/mol. The molecule has 1 aliphatic rings. The zero-order valence-electron chi connectivity index (χ0n) is 10.8. The summed E-state index contributed by atoms with van der Waals surface area (Å²) in [5.74, 6) is 0.982. The Balaban J connectivity index is 1.97. The quantitative estimate of drug-likeness (QED) is 0.920. The van der Waals surface area contributed by atoms with Crippen LogP contribution in [0, 0.1) is 0 Å². The van der Waals surface area contributed by atoms with Crippen LogP contribution in [0.25, 0.3) is 0 Å². The van der Waals surface area contributed by atoms with Gasteiger partial charge in [0.05, 0.1) is 0 Å². The van der Waals surface area contributed by atoms with Crippen molar-refractivity contribution in [3.8, 4) is 0 Å². The highest BCUT2D eigenvalue weighted by atomic mass is 32.1. The molecule has 1 unspecified atom stereocenters. The summed E-state index contributed by atoms with van der Waals surface area (Å²) in [4.78, 5) is 7.30.